The number of benzene rings is 2. The quantitative estimate of drug-likeness (QED) is 0.727. The van der Waals surface area contributed by atoms with Gasteiger partial charge in [-0.05, 0) is 46.1 Å². The predicted octanol–water partition coefficient (Wildman–Crippen LogP) is 5.54. The zero-order valence-electron chi connectivity index (χ0n) is 14.2. The summed E-state index contributed by atoms with van der Waals surface area (Å²) in [6.45, 7) is 4.44. The lowest BCUT2D eigenvalue weighted by Gasteiger charge is -2.54. The highest BCUT2D eigenvalue weighted by molar-refractivity contribution is 5.96. The summed E-state index contributed by atoms with van der Waals surface area (Å²) >= 11 is 0. The molecule has 1 saturated carbocycles. The topological polar surface area (TPSA) is 17.1 Å². The Morgan fingerprint density at radius 1 is 0.875 bits per heavy atom. The van der Waals surface area contributed by atoms with Crippen molar-refractivity contribution in [1.82, 2.24) is 0 Å². The van der Waals surface area contributed by atoms with Gasteiger partial charge in [-0.1, -0.05) is 80.6 Å². The molecule has 2 aromatic carbocycles. The second-order valence-corrected chi connectivity index (χ2v) is 7.53. The number of fused-ring (bicyclic) bond motifs is 1. The van der Waals surface area contributed by atoms with Crippen LogP contribution in [0.4, 0.5) is 0 Å². The Balaban J connectivity index is 1.54. The number of carbonyl (C=O) groups is 1. The van der Waals surface area contributed by atoms with E-state index in [1.165, 1.54) is 22.3 Å². The molecule has 2 bridgehead atoms. The maximum absolute atomic E-state index is 12.2. The van der Waals surface area contributed by atoms with Crippen LogP contribution in [0.25, 0.3) is 17.2 Å². The number of hydrogen-bond acceptors (Lipinski definition) is 1. The van der Waals surface area contributed by atoms with Gasteiger partial charge in [0.2, 0.25) is 0 Å². The zero-order chi connectivity index (χ0) is 16.7. The molecule has 2 aromatic rings. The van der Waals surface area contributed by atoms with Gasteiger partial charge in [0.15, 0.2) is 5.78 Å². The van der Waals surface area contributed by atoms with Crippen LogP contribution in [-0.4, -0.2) is 5.78 Å². The molecule has 0 spiro atoms. The summed E-state index contributed by atoms with van der Waals surface area (Å²) in [4.78, 5) is 12.2. The molecule has 24 heavy (non-hydrogen) atoms. The molecule has 0 amide bonds. The molecule has 0 N–H and O–H groups in total. The second-order valence-electron chi connectivity index (χ2n) is 7.53. The van der Waals surface area contributed by atoms with E-state index in [2.05, 4.69) is 74.5 Å². The molecule has 120 valence electrons. The first-order chi connectivity index (χ1) is 11.6. The molecule has 3 aliphatic carbocycles. The van der Waals surface area contributed by atoms with Crippen molar-refractivity contribution in [2.75, 3.05) is 0 Å². The van der Waals surface area contributed by atoms with Crippen molar-refractivity contribution in [3.63, 3.8) is 0 Å². The maximum atomic E-state index is 12.2. The second kappa shape index (κ2) is 5.59. The van der Waals surface area contributed by atoms with E-state index < -0.39 is 0 Å². The largest absolute Gasteiger partial charge is 0.295 e. The van der Waals surface area contributed by atoms with Crippen molar-refractivity contribution < 1.29 is 4.79 Å². The highest BCUT2D eigenvalue weighted by Crippen LogP contribution is 2.58. The number of carbonyl (C=O) groups excluding carboxylic acids is 1. The van der Waals surface area contributed by atoms with Crippen LogP contribution in [0.2, 0.25) is 0 Å². The minimum absolute atomic E-state index is 0.128. The molecule has 1 nitrogen and oxygen atoms in total. The third kappa shape index (κ3) is 2.45. The van der Waals surface area contributed by atoms with Gasteiger partial charge < -0.3 is 0 Å². The van der Waals surface area contributed by atoms with Crippen LogP contribution in [0.3, 0.4) is 0 Å². The van der Waals surface area contributed by atoms with Crippen LogP contribution < -0.4 is 0 Å². The Kier molecular flexibility index (Phi) is 3.53. The molecule has 1 heteroatoms. The van der Waals surface area contributed by atoms with Crippen molar-refractivity contribution >= 4 is 11.9 Å². The van der Waals surface area contributed by atoms with Crippen LogP contribution in [0, 0.1) is 17.3 Å². The Morgan fingerprint density at radius 2 is 1.54 bits per heavy atom. The van der Waals surface area contributed by atoms with Gasteiger partial charge in [0.05, 0.1) is 0 Å². The van der Waals surface area contributed by atoms with Crippen molar-refractivity contribution in [3.05, 3.63) is 77.9 Å². The molecule has 0 heterocycles. The van der Waals surface area contributed by atoms with Crippen LogP contribution in [0.1, 0.15) is 25.8 Å². The van der Waals surface area contributed by atoms with Crippen LogP contribution in [0.15, 0.2) is 72.3 Å². The third-order valence-electron chi connectivity index (χ3n) is 5.81. The Bertz CT molecular complexity index is 822. The minimum atomic E-state index is 0.128. The molecule has 3 aliphatic rings. The number of allylic oxidation sites excluding steroid dienone is 3. The highest BCUT2D eigenvalue weighted by Gasteiger charge is 2.54. The molecule has 0 aromatic heterocycles. The van der Waals surface area contributed by atoms with Gasteiger partial charge >= 0.3 is 0 Å². The van der Waals surface area contributed by atoms with E-state index >= 15 is 0 Å². The van der Waals surface area contributed by atoms with E-state index in [-0.39, 0.29) is 11.3 Å². The molecule has 1 fully saturated rings. The lowest BCUT2D eigenvalue weighted by atomic mass is 9.48. The van der Waals surface area contributed by atoms with Crippen LogP contribution >= 0.6 is 0 Å². The van der Waals surface area contributed by atoms with Gasteiger partial charge in [-0.15, -0.1) is 0 Å². The summed E-state index contributed by atoms with van der Waals surface area (Å²) in [6.07, 6.45) is 7.15. The predicted molar refractivity (Wildman–Crippen MR) is 99.4 cm³/mol. The van der Waals surface area contributed by atoms with Gasteiger partial charge in [-0.25, -0.2) is 0 Å². The first-order valence-electron chi connectivity index (χ1n) is 8.65. The summed E-state index contributed by atoms with van der Waals surface area (Å²) in [6, 6.07) is 19.0. The average Bonchev–Trinajstić information content (AvgIpc) is 2.60. The molecular weight excluding hydrogens is 292 g/mol. The zero-order valence-corrected chi connectivity index (χ0v) is 14.2. The third-order valence-corrected chi connectivity index (χ3v) is 5.81. The fraction of sp³-hybridized carbons (Fsp3) is 0.261. The number of rotatable bonds is 3. The van der Waals surface area contributed by atoms with Crippen LogP contribution in [-0.2, 0) is 4.79 Å². The van der Waals surface area contributed by atoms with E-state index in [1.807, 2.05) is 12.1 Å². The van der Waals surface area contributed by atoms with Gasteiger partial charge in [0, 0.05) is 5.92 Å². The monoisotopic (exact) mass is 314 g/mol. The van der Waals surface area contributed by atoms with Gasteiger partial charge in [0.1, 0.15) is 0 Å². The fourth-order valence-electron chi connectivity index (χ4n) is 4.11. The van der Waals surface area contributed by atoms with E-state index in [0.717, 1.165) is 6.42 Å². The molecule has 0 saturated heterocycles. The summed E-state index contributed by atoms with van der Waals surface area (Å²) < 4.78 is 0. The number of ketones is 1. The van der Waals surface area contributed by atoms with Crippen molar-refractivity contribution in [3.8, 4) is 11.1 Å². The highest BCUT2D eigenvalue weighted by atomic mass is 16.1. The molecule has 0 unspecified atom stereocenters. The molecular formula is C23H22O. The maximum Gasteiger partial charge on any atom is 0.159 e. The smallest absolute Gasteiger partial charge is 0.159 e. The average molecular weight is 314 g/mol. The van der Waals surface area contributed by atoms with E-state index in [4.69, 9.17) is 0 Å². The van der Waals surface area contributed by atoms with E-state index in [9.17, 15) is 4.79 Å². The Morgan fingerprint density at radius 3 is 2.17 bits per heavy atom. The van der Waals surface area contributed by atoms with Crippen molar-refractivity contribution in [2.24, 2.45) is 17.3 Å². The van der Waals surface area contributed by atoms with Gasteiger partial charge in [-0.2, -0.15) is 0 Å². The van der Waals surface area contributed by atoms with E-state index in [1.54, 1.807) is 0 Å². The van der Waals surface area contributed by atoms with Crippen molar-refractivity contribution in [2.45, 2.75) is 20.3 Å². The first-order valence-corrected chi connectivity index (χ1v) is 8.65. The fourth-order valence-corrected chi connectivity index (χ4v) is 4.11. The SMILES string of the molecule is CC1(C)[C@@H]2C[C@H]1C(=O)C=C2/C=C/c1ccc(-c2ccccc2)cc1. The Labute approximate surface area is 143 Å². The molecule has 5 rings (SSSR count). The standard InChI is InChI=1S/C23H22O/c1-23(2)20-15-21(23)22(24)14-19(20)13-10-16-8-11-18(12-9-16)17-6-4-3-5-7-17/h3-14,20-21H,15H2,1-2H3/b13-10+/t20-,21+/m1/s1. The van der Waals surface area contributed by atoms with Gasteiger partial charge in [0.25, 0.3) is 0 Å². The van der Waals surface area contributed by atoms with Crippen molar-refractivity contribution in [1.29, 1.82) is 0 Å². The summed E-state index contributed by atoms with van der Waals surface area (Å²) in [5, 5.41) is 0. The Hall–Kier alpha value is -2.41. The minimum Gasteiger partial charge on any atom is -0.295 e. The molecule has 0 aliphatic heterocycles. The molecule has 2 atom stereocenters. The summed E-state index contributed by atoms with van der Waals surface area (Å²) in [5.41, 5.74) is 4.95. The van der Waals surface area contributed by atoms with Gasteiger partial charge in [-0.3, -0.25) is 4.79 Å². The van der Waals surface area contributed by atoms with Crippen LogP contribution in [0.5, 0.6) is 0 Å². The summed E-state index contributed by atoms with van der Waals surface area (Å²) in [5.74, 6) is 1.08. The van der Waals surface area contributed by atoms with E-state index in [0.29, 0.717) is 11.7 Å². The lowest BCUT2D eigenvalue weighted by molar-refractivity contribution is -0.133. The summed E-state index contributed by atoms with van der Waals surface area (Å²) in [7, 11) is 0. The normalized spacial score (nSPS) is 24.6. The first kappa shape index (κ1) is 15.1. The molecule has 0 radical (unpaired) electrons. The lowest BCUT2D eigenvalue weighted by Crippen LogP contribution is -2.52. The number of hydrogen-bond donors (Lipinski definition) is 0.